The number of para-hydroxylation sites is 1. The Bertz CT molecular complexity index is 1380. The second-order valence-electron chi connectivity index (χ2n) is 6.93. The summed E-state index contributed by atoms with van der Waals surface area (Å²) in [5.74, 6) is 1.22. The highest BCUT2D eigenvalue weighted by Crippen LogP contribution is 2.27. The van der Waals surface area contributed by atoms with Gasteiger partial charge in [-0.25, -0.2) is 4.98 Å². The molecule has 0 fully saturated rings. The Balaban J connectivity index is 1.81. The van der Waals surface area contributed by atoms with Gasteiger partial charge in [0.25, 0.3) is 0 Å². The minimum absolute atomic E-state index is 0.430. The quantitative estimate of drug-likeness (QED) is 0.499. The number of H-pyrrole nitrogens is 1. The molecule has 0 aliphatic heterocycles. The maximum atomic E-state index is 9.78. The fourth-order valence-corrected chi connectivity index (χ4v) is 3.62. The van der Waals surface area contributed by atoms with Crippen molar-refractivity contribution in [1.82, 2.24) is 14.5 Å². The molecule has 6 nitrogen and oxygen atoms in total. The van der Waals surface area contributed by atoms with Gasteiger partial charge < -0.3 is 14.3 Å². The average Bonchev–Trinajstić information content (AvgIpc) is 3.31. The number of aromatic nitrogens is 3. The summed E-state index contributed by atoms with van der Waals surface area (Å²) in [6.45, 7) is 3.96. The van der Waals surface area contributed by atoms with E-state index in [1.165, 1.54) is 0 Å². The van der Waals surface area contributed by atoms with Crippen LogP contribution in [0.5, 0.6) is 5.75 Å². The largest absolute Gasteiger partial charge is 0.497 e. The number of aromatic amines is 1. The molecule has 2 heterocycles. The molecule has 0 spiro atoms. The number of hydrogen-bond donors (Lipinski definition) is 1. The number of fused-ring (bicyclic) bond motifs is 1. The van der Waals surface area contributed by atoms with Gasteiger partial charge in [0.1, 0.15) is 23.7 Å². The van der Waals surface area contributed by atoms with Gasteiger partial charge in [-0.1, -0.05) is 12.1 Å². The van der Waals surface area contributed by atoms with E-state index in [0.717, 1.165) is 39.4 Å². The Morgan fingerprint density at radius 3 is 2.67 bits per heavy atom. The number of ether oxygens (including phenoxy) is 1. The second-order valence-corrected chi connectivity index (χ2v) is 6.93. The Morgan fingerprint density at radius 1 is 1.13 bits per heavy atom. The van der Waals surface area contributed by atoms with Gasteiger partial charge in [-0.3, -0.25) is 0 Å². The highest BCUT2D eigenvalue weighted by Gasteiger charge is 2.15. The number of nitriles is 2. The maximum absolute atomic E-state index is 9.78. The van der Waals surface area contributed by atoms with Crippen LogP contribution in [0.1, 0.15) is 28.3 Å². The summed E-state index contributed by atoms with van der Waals surface area (Å²) in [6, 6.07) is 19.5. The van der Waals surface area contributed by atoms with Crippen LogP contribution in [0.4, 0.5) is 0 Å². The molecule has 0 bridgehead atoms. The van der Waals surface area contributed by atoms with E-state index in [-0.39, 0.29) is 0 Å². The Kier molecular flexibility index (Phi) is 4.83. The predicted molar refractivity (Wildman–Crippen MR) is 116 cm³/mol. The zero-order valence-electron chi connectivity index (χ0n) is 16.9. The SMILES string of the molecule is COc1ccc2nc(/C(C#N)=C/c3cc(C)n(-c4ccccc4C#N)c3C)[nH]c2c1. The molecule has 2 aromatic carbocycles. The van der Waals surface area contributed by atoms with Gasteiger partial charge in [0.2, 0.25) is 0 Å². The highest BCUT2D eigenvalue weighted by molar-refractivity contribution is 5.91. The van der Waals surface area contributed by atoms with Crippen molar-refractivity contribution in [2.75, 3.05) is 7.11 Å². The van der Waals surface area contributed by atoms with Crippen LogP contribution in [-0.4, -0.2) is 21.6 Å². The zero-order valence-corrected chi connectivity index (χ0v) is 16.9. The van der Waals surface area contributed by atoms with Crippen molar-refractivity contribution >= 4 is 22.7 Å². The lowest BCUT2D eigenvalue weighted by Crippen LogP contribution is -2.01. The normalized spacial score (nSPS) is 11.3. The number of aryl methyl sites for hydroxylation is 1. The smallest absolute Gasteiger partial charge is 0.149 e. The molecule has 1 N–H and O–H groups in total. The summed E-state index contributed by atoms with van der Waals surface area (Å²) in [5, 5.41) is 19.2. The monoisotopic (exact) mass is 393 g/mol. The van der Waals surface area contributed by atoms with Crippen molar-refractivity contribution in [2.24, 2.45) is 0 Å². The van der Waals surface area contributed by atoms with E-state index in [1.807, 2.05) is 67.0 Å². The molecule has 30 heavy (non-hydrogen) atoms. The lowest BCUT2D eigenvalue weighted by Gasteiger charge is -2.11. The summed E-state index contributed by atoms with van der Waals surface area (Å²) in [7, 11) is 1.61. The van der Waals surface area contributed by atoms with E-state index in [0.29, 0.717) is 17.0 Å². The van der Waals surface area contributed by atoms with Gasteiger partial charge in [-0.2, -0.15) is 10.5 Å². The van der Waals surface area contributed by atoms with E-state index in [4.69, 9.17) is 4.74 Å². The Hall–Kier alpha value is -4.29. The van der Waals surface area contributed by atoms with Crippen LogP contribution in [0.25, 0.3) is 28.4 Å². The van der Waals surface area contributed by atoms with Crippen LogP contribution < -0.4 is 4.74 Å². The molecule has 2 aromatic heterocycles. The van der Waals surface area contributed by atoms with Gasteiger partial charge in [-0.15, -0.1) is 0 Å². The summed E-state index contributed by atoms with van der Waals surface area (Å²) in [4.78, 5) is 7.75. The van der Waals surface area contributed by atoms with Crippen molar-refractivity contribution in [3.63, 3.8) is 0 Å². The summed E-state index contributed by atoms with van der Waals surface area (Å²) in [5.41, 5.74) is 6.24. The van der Waals surface area contributed by atoms with Crippen molar-refractivity contribution in [3.8, 4) is 23.6 Å². The molecule has 0 saturated heterocycles. The fraction of sp³-hybridized carbons (Fsp3) is 0.125. The first-order valence-corrected chi connectivity index (χ1v) is 9.40. The third kappa shape index (κ3) is 3.21. The number of methoxy groups -OCH3 is 1. The standard InChI is InChI=1S/C24H19N5O/c1-15-10-18(16(2)29(15)23-7-5-4-6-17(23)13-25)11-19(14-26)24-27-21-9-8-20(30-3)12-22(21)28-24/h4-12H,1-3H3,(H,27,28)/b19-11+. The Morgan fingerprint density at radius 2 is 1.93 bits per heavy atom. The van der Waals surface area contributed by atoms with Crippen molar-refractivity contribution < 1.29 is 4.74 Å². The Labute approximate surface area is 174 Å². The van der Waals surface area contributed by atoms with Gasteiger partial charge >= 0.3 is 0 Å². The second kappa shape index (κ2) is 7.62. The van der Waals surface area contributed by atoms with Crippen LogP contribution in [0.3, 0.4) is 0 Å². The van der Waals surface area contributed by atoms with E-state index in [9.17, 15) is 10.5 Å². The molecule has 0 aliphatic carbocycles. The number of hydrogen-bond acceptors (Lipinski definition) is 4. The molecular formula is C24H19N5O. The molecule has 0 radical (unpaired) electrons. The first-order chi connectivity index (χ1) is 14.5. The number of benzene rings is 2. The number of nitrogens with one attached hydrogen (secondary N) is 1. The highest BCUT2D eigenvalue weighted by atomic mass is 16.5. The minimum Gasteiger partial charge on any atom is -0.497 e. The number of allylic oxidation sites excluding steroid dienone is 1. The van der Waals surface area contributed by atoms with E-state index < -0.39 is 0 Å². The first-order valence-electron chi connectivity index (χ1n) is 9.40. The zero-order chi connectivity index (χ0) is 21.3. The number of rotatable bonds is 4. The first kappa shape index (κ1) is 19.0. The molecule has 4 rings (SSSR count). The van der Waals surface area contributed by atoms with E-state index >= 15 is 0 Å². The number of imidazole rings is 1. The van der Waals surface area contributed by atoms with E-state index in [1.54, 1.807) is 13.2 Å². The van der Waals surface area contributed by atoms with Crippen LogP contribution in [-0.2, 0) is 0 Å². The molecule has 0 amide bonds. The van der Waals surface area contributed by atoms with Gasteiger partial charge in [0.15, 0.2) is 0 Å². The third-order valence-electron chi connectivity index (χ3n) is 5.10. The van der Waals surface area contributed by atoms with Crippen molar-refractivity contribution in [3.05, 3.63) is 76.9 Å². The van der Waals surface area contributed by atoms with Crippen LogP contribution in [0, 0.1) is 36.5 Å². The summed E-state index contributed by atoms with van der Waals surface area (Å²) >= 11 is 0. The predicted octanol–water partition coefficient (Wildman–Crippen LogP) is 4.91. The topological polar surface area (TPSA) is 90.4 Å². The minimum atomic E-state index is 0.430. The third-order valence-corrected chi connectivity index (χ3v) is 5.10. The fourth-order valence-electron chi connectivity index (χ4n) is 3.62. The van der Waals surface area contributed by atoms with Gasteiger partial charge in [0, 0.05) is 17.5 Å². The molecule has 0 atom stereocenters. The van der Waals surface area contributed by atoms with Crippen molar-refractivity contribution in [1.29, 1.82) is 10.5 Å². The summed E-state index contributed by atoms with van der Waals surface area (Å²) in [6.07, 6.45) is 1.82. The lowest BCUT2D eigenvalue weighted by molar-refractivity contribution is 0.415. The molecule has 6 heteroatoms. The summed E-state index contributed by atoms with van der Waals surface area (Å²) < 4.78 is 7.28. The van der Waals surface area contributed by atoms with Crippen molar-refractivity contribution in [2.45, 2.75) is 13.8 Å². The lowest BCUT2D eigenvalue weighted by atomic mass is 10.1. The molecule has 146 valence electrons. The average molecular weight is 393 g/mol. The van der Waals surface area contributed by atoms with Crippen LogP contribution in [0.15, 0.2) is 48.5 Å². The number of nitrogens with zero attached hydrogens (tertiary/aromatic N) is 4. The molecular weight excluding hydrogens is 374 g/mol. The van der Waals surface area contributed by atoms with Gasteiger partial charge in [0.05, 0.1) is 35.0 Å². The molecule has 0 aliphatic rings. The van der Waals surface area contributed by atoms with E-state index in [2.05, 4.69) is 22.1 Å². The molecule has 0 unspecified atom stereocenters. The van der Waals surface area contributed by atoms with Crippen LogP contribution in [0.2, 0.25) is 0 Å². The van der Waals surface area contributed by atoms with Crippen LogP contribution >= 0.6 is 0 Å². The molecule has 4 aromatic rings. The van der Waals surface area contributed by atoms with Gasteiger partial charge in [-0.05, 0) is 55.8 Å². The maximum Gasteiger partial charge on any atom is 0.149 e. The molecule has 0 saturated carbocycles.